The van der Waals surface area contributed by atoms with Crippen molar-refractivity contribution in [3.05, 3.63) is 49.5 Å². The zero-order valence-electron chi connectivity index (χ0n) is 13.1. The summed E-state index contributed by atoms with van der Waals surface area (Å²) >= 11 is 14.6. The van der Waals surface area contributed by atoms with Crippen LogP contribution in [0.3, 0.4) is 0 Å². The van der Waals surface area contributed by atoms with Crippen molar-refractivity contribution in [2.45, 2.75) is 13.5 Å². The molecule has 0 unspecified atom stereocenters. The molecule has 0 atom stereocenters. The average molecular weight is 491 g/mol. The summed E-state index contributed by atoms with van der Waals surface area (Å²) in [7, 11) is 0. The molecule has 0 fully saturated rings. The van der Waals surface area contributed by atoms with E-state index in [0.717, 1.165) is 14.7 Å². The quantitative estimate of drug-likeness (QED) is 0.504. The second kappa shape index (κ2) is 8.20. The molecule has 6 nitrogen and oxygen atoms in total. The van der Waals surface area contributed by atoms with E-state index in [2.05, 4.69) is 43.2 Å². The number of aromatic amines is 1. The van der Waals surface area contributed by atoms with Gasteiger partial charge in [-0.15, -0.1) is 10.2 Å². The first-order chi connectivity index (χ1) is 12.1. The number of ether oxygens (including phenoxy) is 2. The third-order valence-corrected chi connectivity index (χ3v) is 4.84. The zero-order valence-corrected chi connectivity index (χ0v) is 16.8. The molecule has 0 saturated carbocycles. The first kappa shape index (κ1) is 18.2. The van der Waals surface area contributed by atoms with Gasteiger partial charge in [-0.25, -0.2) is 0 Å². The normalized spacial score (nSPS) is 10.7. The minimum atomic E-state index is 0.232. The Kier molecular flexibility index (Phi) is 5.98. The lowest BCUT2D eigenvalue weighted by Gasteiger charge is -2.16. The molecule has 0 bridgehead atoms. The molecule has 0 radical (unpaired) electrons. The van der Waals surface area contributed by atoms with E-state index >= 15 is 0 Å². The van der Waals surface area contributed by atoms with Gasteiger partial charge in [0.15, 0.2) is 11.5 Å². The maximum absolute atomic E-state index is 6.20. The number of tetrazole rings is 1. The van der Waals surface area contributed by atoms with Gasteiger partial charge in [-0.1, -0.05) is 29.3 Å². The highest BCUT2D eigenvalue weighted by Gasteiger charge is 2.16. The van der Waals surface area contributed by atoms with Crippen LogP contribution in [0.2, 0.25) is 10.0 Å². The van der Waals surface area contributed by atoms with E-state index in [0.29, 0.717) is 34.0 Å². The van der Waals surface area contributed by atoms with E-state index in [-0.39, 0.29) is 6.61 Å². The van der Waals surface area contributed by atoms with Crippen molar-refractivity contribution < 1.29 is 9.47 Å². The van der Waals surface area contributed by atoms with Crippen molar-refractivity contribution in [3.8, 4) is 22.9 Å². The van der Waals surface area contributed by atoms with Crippen LogP contribution in [0.4, 0.5) is 0 Å². The number of nitrogens with zero attached hydrogens (tertiary/aromatic N) is 3. The van der Waals surface area contributed by atoms with Crippen LogP contribution in [0, 0.1) is 3.57 Å². The fraction of sp³-hybridized carbons (Fsp3) is 0.188. The molecule has 3 rings (SSSR count). The molecule has 0 aliphatic rings. The minimum Gasteiger partial charge on any atom is -0.490 e. The van der Waals surface area contributed by atoms with E-state index in [9.17, 15) is 0 Å². The van der Waals surface area contributed by atoms with Crippen LogP contribution in [-0.2, 0) is 6.61 Å². The lowest BCUT2D eigenvalue weighted by atomic mass is 10.2. The minimum absolute atomic E-state index is 0.232. The molecule has 3 aromatic rings. The number of hydrogen-bond donors (Lipinski definition) is 1. The van der Waals surface area contributed by atoms with Crippen LogP contribution in [0.1, 0.15) is 12.5 Å². The van der Waals surface area contributed by atoms with Gasteiger partial charge in [-0.3, -0.25) is 0 Å². The second-order valence-corrected chi connectivity index (χ2v) is 6.92. The molecule has 1 aromatic heterocycles. The number of aromatic nitrogens is 4. The van der Waals surface area contributed by atoms with Crippen LogP contribution in [0.25, 0.3) is 11.4 Å². The summed E-state index contributed by atoms with van der Waals surface area (Å²) in [6.07, 6.45) is 0. The van der Waals surface area contributed by atoms with Crippen LogP contribution in [-0.4, -0.2) is 27.2 Å². The van der Waals surface area contributed by atoms with Crippen LogP contribution >= 0.6 is 45.8 Å². The van der Waals surface area contributed by atoms with Crippen molar-refractivity contribution >= 4 is 45.8 Å². The van der Waals surface area contributed by atoms with Crippen LogP contribution < -0.4 is 9.47 Å². The fourth-order valence-corrected chi connectivity index (χ4v) is 3.46. The second-order valence-electron chi connectivity index (χ2n) is 4.94. The summed E-state index contributed by atoms with van der Waals surface area (Å²) in [5.41, 5.74) is 1.51. The SMILES string of the molecule is CCOc1cc(-c2nn[nH]n2)cc(I)c1OCc1c(Cl)cccc1Cl. The Morgan fingerprint density at radius 1 is 1.16 bits per heavy atom. The number of halogens is 3. The van der Waals surface area contributed by atoms with Crippen molar-refractivity contribution in [1.82, 2.24) is 20.6 Å². The highest BCUT2D eigenvalue weighted by molar-refractivity contribution is 14.1. The number of nitrogens with one attached hydrogen (secondary N) is 1. The lowest BCUT2D eigenvalue weighted by molar-refractivity contribution is 0.267. The van der Waals surface area contributed by atoms with Gasteiger partial charge in [0.2, 0.25) is 5.82 Å². The Hall–Kier alpha value is -1.58. The number of benzene rings is 2. The molecule has 0 aliphatic heterocycles. The monoisotopic (exact) mass is 490 g/mol. The van der Waals surface area contributed by atoms with Gasteiger partial charge < -0.3 is 9.47 Å². The molecule has 1 N–H and O–H groups in total. The number of H-pyrrole nitrogens is 1. The van der Waals surface area contributed by atoms with Crippen LogP contribution in [0.15, 0.2) is 30.3 Å². The predicted octanol–water partition coefficient (Wildman–Crippen LogP) is 4.76. The maximum Gasteiger partial charge on any atom is 0.204 e. The molecule has 25 heavy (non-hydrogen) atoms. The first-order valence-corrected chi connectivity index (χ1v) is 9.19. The Balaban J connectivity index is 1.92. The van der Waals surface area contributed by atoms with Gasteiger partial charge in [0.05, 0.1) is 10.2 Å². The predicted molar refractivity (Wildman–Crippen MR) is 104 cm³/mol. The highest BCUT2D eigenvalue weighted by Crippen LogP contribution is 2.38. The van der Waals surface area contributed by atoms with Gasteiger partial charge in [0.1, 0.15) is 6.61 Å². The molecule has 9 heteroatoms. The van der Waals surface area contributed by atoms with Crippen LogP contribution in [0.5, 0.6) is 11.5 Å². The lowest BCUT2D eigenvalue weighted by Crippen LogP contribution is -2.03. The van der Waals surface area contributed by atoms with E-state index in [1.165, 1.54) is 0 Å². The Labute approximate surface area is 168 Å². The Morgan fingerprint density at radius 2 is 1.92 bits per heavy atom. The summed E-state index contributed by atoms with van der Waals surface area (Å²) in [6.45, 7) is 2.63. The topological polar surface area (TPSA) is 72.9 Å². The first-order valence-electron chi connectivity index (χ1n) is 7.36. The van der Waals surface area contributed by atoms with Crippen molar-refractivity contribution in [1.29, 1.82) is 0 Å². The number of hydrogen-bond acceptors (Lipinski definition) is 5. The summed E-state index contributed by atoms with van der Waals surface area (Å²) in [4.78, 5) is 0. The molecule has 2 aromatic carbocycles. The van der Waals surface area contributed by atoms with Gasteiger partial charge in [0, 0.05) is 21.2 Å². The summed E-state index contributed by atoms with van der Waals surface area (Å²) < 4.78 is 12.6. The van der Waals surface area contributed by atoms with Gasteiger partial charge in [-0.2, -0.15) is 5.21 Å². The fourth-order valence-electron chi connectivity index (χ4n) is 2.20. The van der Waals surface area contributed by atoms with E-state index in [1.54, 1.807) is 18.2 Å². The molecular formula is C16H13Cl2IN4O2. The smallest absolute Gasteiger partial charge is 0.204 e. The summed E-state index contributed by atoms with van der Waals surface area (Å²) in [5, 5.41) is 15.1. The third-order valence-electron chi connectivity index (χ3n) is 3.34. The largest absolute Gasteiger partial charge is 0.490 e. The zero-order chi connectivity index (χ0) is 17.8. The molecule has 1 heterocycles. The van der Waals surface area contributed by atoms with Crippen molar-refractivity contribution in [3.63, 3.8) is 0 Å². The summed E-state index contributed by atoms with van der Waals surface area (Å²) in [6, 6.07) is 9.07. The summed E-state index contributed by atoms with van der Waals surface area (Å²) in [5.74, 6) is 1.70. The van der Waals surface area contributed by atoms with E-state index in [1.807, 2.05) is 19.1 Å². The standard InChI is InChI=1S/C16H13Cl2IN4O2/c1-2-24-14-7-9(16-20-22-23-21-16)6-13(19)15(14)25-8-10-11(17)4-3-5-12(10)18/h3-7H,2,8H2,1H3,(H,20,21,22,23). The average Bonchev–Trinajstić information content (AvgIpc) is 3.11. The molecule has 0 saturated heterocycles. The molecule has 0 amide bonds. The van der Waals surface area contributed by atoms with E-state index in [4.69, 9.17) is 32.7 Å². The van der Waals surface area contributed by atoms with Gasteiger partial charge >= 0.3 is 0 Å². The van der Waals surface area contributed by atoms with Crippen molar-refractivity contribution in [2.75, 3.05) is 6.61 Å². The Bertz CT molecular complexity index is 855. The maximum atomic E-state index is 6.20. The van der Waals surface area contributed by atoms with Crippen molar-refractivity contribution in [2.24, 2.45) is 0 Å². The highest BCUT2D eigenvalue weighted by atomic mass is 127. The van der Waals surface area contributed by atoms with E-state index < -0.39 is 0 Å². The molecule has 130 valence electrons. The molecule has 0 aliphatic carbocycles. The van der Waals surface area contributed by atoms with Gasteiger partial charge in [-0.05, 0) is 59.0 Å². The molecular weight excluding hydrogens is 478 g/mol. The number of rotatable bonds is 6. The van der Waals surface area contributed by atoms with Gasteiger partial charge in [0.25, 0.3) is 0 Å². The molecule has 0 spiro atoms. The Morgan fingerprint density at radius 3 is 2.56 bits per heavy atom. The third kappa shape index (κ3) is 4.16.